The molecule has 0 aliphatic carbocycles. The molecule has 3 N–H and O–H groups in total. The van der Waals surface area contributed by atoms with Gasteiger partial charge < -0.3 is 25.0 Å². The highest BCUT2D eigenvalue weighted by atomic mass is 16.6. The fourth-order valence-electron chi connectivity index (χ4n) is 4.01. The summed E-state index contributed by atoms with van der Waals surface area (Å²) < 4.78 is 10.9. The van der Waals surface area contributed by atoms with Crippen molar-refractivity contribution in [2.45, 2.75) is 72.1 Å². The number of aromatic amines is 1. The molecule has 1 atom stereocenters. The highest BCUT2D eigenvalue weighted by Gasteiger charge is 2.42. The molecule has 186 valence electrons. The van der Waals surface area contributed by atoms with Gasteiger partial charge in [0, 0.05) is 18.8 Å². The predicted octanol–water partition coefficient (Wildman–Crippen LogP) is 4.19. The lowest BCUT2D eigenvalue weighted by molar-refractivity contribution is -0.158. The number of hydrogen-bond donors (Lipinski definition) is 3. The van der Waals surface area contributed by atoms with Crippen molar-refractivity contribution in [2.75, 3.05) is 30.3 Å². The zero-order chi connectivity index (χ0) is 24.9. The predicted molar refractivity (Wildman–Crippen MR) is 132 cm³/mol. The minimum absolute atomic E-state index is 0.0663. The number of carbonyl (C=O) groups excluding carboxylic acids is 2. The Bertz CT molecular complexity index is 1000. The maximum Gasteiger partial charge on any atom is 0.349 e. The molecule has 0 saturated carbocycles. The minimum atomic E-state index is -1.07. The van der Waals surface area contributed by atoms with E-state index in [9.17, 15) is 9.59 Å². The van der Waals surface area contributed by atoms with Gasteiger partial charge in [-0.1, -0.05) is 20.3 Å². The first-order valence-corrected chi connectivity index (χ1v) is 12.0. The number of ether oxygens (including phenoxy) is 2. The lowest BCUT2D eigenvalue weighted by Gasteiger charge is -2.45. The summed E-state index contributed by atoms with van der Waals surface area (Å²) >= 11 is 0. The molecule has 9 nitrogen and oxygen atoms in total. The first kappa shape index (κ1) is 25.4. The third-order valence-electron chi connectivity index (χ3n) is 6.13. The summed E-state index contributed by atoms with van der Waals surface area (Å²) in [5.41, 5.74) is 1.61. The van der Waals surface area contributed by atoms with Crippen LogP contribution >= 0.6 is 0 Å². The molecule has 3 rings (SSSR count). The fourth-order valence-corrected chi connectivity index (χ4v) is 4.01. The van der Waals surface area contributed by atoms with E-state index in [-0.39, 0.29) is 5.91 Å². The molecule has 2 heterocycles. The number of carbonyl (C=O) groups is 2. The van der Waals surface area contributed by atoms with Gasteiger partial charge in [0.2, 0.25) is 0 Å². The van der Waals surface area contributed by atoms with Crippen molar-refractivity contribution in [3.8, 4) is 5.75 Å². The van der Waals surface area contributed by atoms with Crippen LogP contribution in [-0.2, 0) is 16.0 Å². The van der Waals surface area contributed by atoms with Gasteiger partial charge in [-0.3, -0.25) is 9.89 Å². The van der Waals surface area contributed by atoms with Gasteiger partial charge in [-0.05, 0) is 64.8 Å². The lowest BCUT2D eigenvalue weighted by atomic mass is 10.0. The quantitative estimate of drug-likeness (QED) is 0.422. The van der Waals surface area contributed by atoms with Crippen molar-refractivity contribution in [1.29, 1.82) is 0 Å². The number of aryl methyl sites for hydroxylation is 1. The molecule has 1 aromatic carbocycles. The molecule has 1 amide bonds. The summed E-state index contributed by atoms with van der Waals surface area (Å²) in [6.45, 7) is 12.7. The van der Waals surface area contributed by atoms with Crippen LogP contribution in [0.1, 0.15) is 70.6 Å². The van der Waals surface area contributed by atoms with Gasteiger partial charge in [-0.25, -0.2) is 4.79 Å². The lowest BCUT2D eigenvalue weighted by Crippen LogP contribution is -2.59. The van der Waals surface area contributed by atoms with E-state index in [1.54, 1.807) is 32.9 Å². The molecular weight excluding hydrogens is 434 g/mol. The number of nitrogens with one attached hydrogen (secondary N) is 3. The average Bonchev–Trinajstić information content (AvgIpc) is 3.19. The molecule has 1 aliphatic heterocycles. The van der Waals surface area contributed by atoms with Crippen molar-refractivity contribution in [3.63, 3.8) is 0 Å². The zero-order valence-corrected chi connectivity index (χ0v) is 21.1. The minimum Gasteiger partial charge on any atom is -0.476 e. The first-order chi connectivity index (χ1) is 16.1. The van der Waals surface area contributed by atoms with Crippen molar-refractivity contribution in [3.05, 3.63) is 35.7 Å². The third kappa shape index (κ3) is 5.29. The summed E-state index contributed by atoms with van der Waals surface area (Å²) in [5, 5.41) is 14.2. The molecule has 0 spiro atoms. The Balaban J connectivity index is 1.62. The number of esters is 1. The number of benzene rings is 1. The standard InChI is InChI=1S/C25H37N5O4/c1-7-10-19-20-21(29-28-19)22(31)30(25(6,8-2)27-20)16-15-26-17-11-13-18(14-12-17)34-24(4,5)23(32)33-9-3/h11-14,26-27H,7-10,15-16H2,1-6H3,(H,28,29). The highest BCUT2D eigenvalue weighted by molar-refractivity contribution is 6.01. The normalized spacial score (nSPS) is 17.7. The van der Waals surface area contributed by atoms with Crippen LogP contribution in [0.15, 0.2) is 24.3 Å². The smallest absolute Gasteiger partial charge is 0.349 e. The molecule has 0 bridgehead atoms. The number of rotatable bonds is 11. The van der Waals surface area contributed by atoms with E-state index in [0.29, 0.717) is 31.1 Å². The molecule has 9 heteroatoms. The van der Waals surface area contributed by atoms with Crippen LogP contribution in [0, 0.1) is 0 Å². The van der Waals surface area contributed by atoms with E-state index < -0.39 is 17.2 Å². The van der Waals surface area contributed by atoms with Gasteiger partial charge >= 0.3 is 5.97 Å². The van der Waals surface area contributed by atoms with Gasteiger partial charge in [-0.15, -0.1) is 0 Å². The monoisotopic (exact) mass is 471 g/mol. The average molecular weight is 472 g/mol. The Morgan fingerprint density at radius 2 is 1.91 bits per heavy atom. The molecule has 34 heavy (non-hydrogen) atoms. The summed E-state index contributed by atoms with van der Waals surface area (Å²) in [5.74, 6) is 0.104. The molecule has 0 fully saturated rings. The molecule has 1 aromatic heterocycles. The topological polar surface area (TPSA) is 109 Å². The number of hydrogen-bond acceptors (Lipinski definition) is 7. The second-order valence-electron chi connectivity index (χ2n) is 9.17. The second-order valence-corrected chi connectivity index (χ2v) is 9.17. The Morgan fingerprint density at radius 1 is 1.21 bits per heavy atom. The number of fused-ring (bicyclic) bond motifs is 1. The van der Waals surface area contributed by atoms with Crippen LogP contribution in [0.4, 0.5) is 11.4 Å². The highest BCUT2D eigenvalue weighted by Crippen LogP contribution is 2.34. The van der Waals surface area contributed by atoms with Crippen LogP contribution < -0.4 is 15.4 Å². The maximum atomic E-state index is 13.3. The van der Waals surface area contributed by atoms with Crippen LogP contribution in [0.2, 0.25) is 0 Å². The maximum absolute atomic E-state index is 13.3. The molecule has 0 radical (unpaired) electrons. The Kier molecular flexibility index (Phi) is 7.74. The third-order valence-corrected chi connectivity index (χ3v) is 6.13. The van der Waals surface area contributed by atoms with E-state index >= 15 is 0 Å². The number of aromatic nitrogens is 2. The van der Waals surface area contributed by atoms with Gasteiger partial charge in [0.1, 0.15) is 11.4 Å². The van der Waals surface area contributed by atoms with Crippen molar-refractivity contribution in [2.24, 2.45) is 0 Å². The van der Waals surface area contributed by atoms with E-state index in [2.05, 4.69) is 34.7 Å². The van der Waals surface area contributed by atoms with Crippen molar-refractivity contribution < 1.29 is 19.1 Å². The Labute approximate surface area is 201 Å². The largest absolute Gasteiger partial charge is 0.476 e. The summed E-state index contributed by atoms with van der Waals surface area (Å²) in [4.78, 5) is 27.1. The first-order valence-electron chi connectivity index (χ1n) is 12.0. The number of H-pyrrole nitrogens is 1. The van der Waals surface area contributed by atoms with Crippen LogP contribution in [-0.4, -0.2) is 57.9 Å². The molecule has 1 aliphatic rings. The number of nitrogens with zero attached hydrogens (tertiary/aromatic N) is 2. The summed E-state index contributed by atoms with van der Waals surface area (Å²) in [6, 6.07) is 7.38. The van der Waals surface area contributed by atoms with E-state index in [0.717, 1.165) is 36.3 Å². The van der Waals surface area contributed by atoms with Crippen LogP contribution in [0.3, 0.4) is 0 Å². The van der Waals surface area contributed by atoms with Gasteiger partial charge in [0.25, 0.3) is 5.91 Å². The second kappa shape index (κ2) is 10.4. The van der Waals surface area contributed by atoms with Crippen molar-refractivity contribution in [1.82, 2.24) is 15.1 Å². The van der Waals surface area contributed by atoms with Crippen molar-refractivity contribution >= 4 is 23.3 Å². The molecule has 2 aromatic rings. The van der Waals surface area contributed by atoms with Crippen LogP contribution in [0.5, 0.6) is 5.75 Å². The fraction of sp³-hybridized carbons (Fsp3) is 0.560. The van der Waals surface area contributed by atoms with Gasteiger partial charge in [0.15, 0.2) is 11.3 Å². The Hall–Kier alpha value is -3.23. The number of anilines is 2. The summed E-state index contributed by atoms with van der Waals surface area (Å²) in [7, 11) is 0. The van der Waals surface area contributed by atoms with Crippen LogP contribution in [0.25, 0.3) is 0 Å². The number of amides is 1. The SMILES string of the molecule is CCCc1[nH]nc2c1NC(C)(CC)N(CCNc1ccc(OC(C)(C)C(=O)OCC)cc1)C2=O. The van der Waals surface area contributed by atoms with Gasteiger partial charge in [0.05, 0.1) is 18.0 Å². The van der Waals surface area contributed by atoms with E-state index in [1.165, 1.54) is 0 Å². The molecule has 1 unspecified atom stereocenters. The molecular formula is C25H37N5O4. The Morgan fingerprint density at radius 3 is 2.53 bits per heavy atom. The zero-order valence-electron chi connectivity index (χ0n) is 21.1. The van der Waals surface area contributed by atoms with E-state index in [4.69, 9.17) is 9.47 Å². The van der Waals surface area contributed by atoms with E-state index in [1.807, 2.05) is 24.0 Å². The summed E-state index contributed by atoms with van der Waals surface area (Å²) in [6.07, 6.45) is 2.59. The molecule has 0 saturated heterocycles. The van der Waals surface area contributed by atoms with Gasteiger partial charge in [-0.2, -0.15) is 5.10 Å².